The van der Waals surface area contributed by atoms with Gasteiger partial charge in [-0.05, 0) is 13.0 Å². The molecule has 10 heteroatoms. The van der Waals surface area contributed by atoms with E-state index < -0.39 is 37.1 Å². The Bertz CT molecular complexity index is 290. The molecule has 0 heterocycles. The molecule has 1 unspecified atom stereocenters. The van der Waals surface area contributed by atoms with Crippen molar-refractivity contribution in [2.45, 2.75) is 37.8 Å². The third-order valence-corrected chi connectivity index (χ3v) is 2.22. The van der Waals surface area contributed by atoms with Crippen molar-refractivity contribution in [3.8, 4) is 0 Å². The van der Waals surface area contributed by atoms with Crippen LogP contribution in [0.4, 0.5) is 26.3 Å². The lowest BCUT2D eigenvalue weighted by molar-refractivity contribution is -0.321. The molecule has 0 spiro atoms. The fraction of sp³-hybridized carbons (Fsp3) is 0.900. The molecule has 0 aromatic carbocycles. The van der Waals surface area contributed by atoms with Crippen LogP contribution < -0.4 is 5.32 Å². The van der Waals surface area contributed by atoms with Gasteiger partial charge < -0.3 is 14.8 Å². The summed E-state index contributed by atoms with van der Waals surface area (Å²) in [4.78, 5) is 11.2. The normalized spacial score (nSPS) is 14.4. The molecule has 0 radical (unpaired) electrons. The van der Waals surface area contributed by atoms with Gasteiger partial charge in [-0.1, -0.05) is 6.92 Å². The highest BCUT2D eigenvalue weighted by Gasteiger charge is 2.57. The number of esters is 1. The lowest BCUT2D eigenvalue weighted by Crippen LogP contribution is -2.45. The number of rotatable bonds is 7. The number of ether oxygens (including phenoxy) is 2. The molecule has 0 saturated carbocycles. The SMILES string of the molecule is CCNC(CCOC(C(F)(F)F)C(F)(F)F)C(=O)OC. The van der Waals surface area contributed by atoms with Crippen molar-refractivity contribution >= 4 is 5.97 Å². The van der Waals surface area contributed by atoms with Crippen molar-refractivity contribution in [3.63, 3.8) is 0 Å². The summed E-state index contributed by atoms with van der Waals surface area (Å²) in [5.74, 6) is -0.786. The van der Waals surface area contributed by atoms with E-state index in [1.54, 1.807) is 6.92 Å². The maximum absolute atomic E-state index is 12.2. The second-order valence-corrected chi connectivity index (χ2v) is 3.76. The number of likely N-dealkylation sites (N-methyl/N-ethyl adjacent to an activating group) is 1. The maximum Gasteiger partial charge on any atom is 0.423 e. The molecule has 1 atom stereocenters. The number of carbonyl (C=O) groups is 1. The number of nitrogens with one attached hydrogen (secondary N) is 1. The minimum absolute atomic E-state index is 0.293. The van der Waals surface area contributed by atoms with Crippen LogP contribution in [0.3, 0.4) is 0 Å². The van der Waals surface area contributed by atoms with Crippen LogP contribution in [0.5, 0.6) is 0 Å². The van der Waals surface area contributed by atoms with Gasteiger partial charge in [-0.25, -0.2) is 0 Å². The lowest BCUT2D eigenvalue weighted by atomic mass is 10.2. The number of alkyl halides is 6. The van der Waals surface area contributed by atoms with Gasteiger partial charge in [0.15, 0.2) is 0 Å². The molecule has 0 aliphatic rings. The predicted octanol–water partition coefficient (Wildman–Crippen LogP) is 2.04. The molecule has 120 valence electrons. The fourth-order valence-electron chi connectivity index (χ4n) is 1.37. The minimum Gasteiger partial charge on any atom is -0.468 e. The van der Waals surface area contributed by atoms with Gasteiger partial charge in [0.05, 0.1) is 7.11 Å². The van der Waals surface area contributed by atoms with E-state index in [-0.39, 0.29) is 6.42 Å². The second-order valence-electron chi connectivity index (χ2n) is 3.76. The summed E-state index contributed by atoms with van der Waals surface area (Å²) in [5, 5.41) is 2.57. The molecule has 0 aliphatic heterocycles. The molecular formula is C10H15F6NO3. The van der Waals surface area contributed by atoms with Crippen molar-refractivity contribution in [1.29, 1.82) is 0 Å². The average Bonchev–Trinajstić information content (AvgIpc) is 2.28. The topological polar surface area (TPSA) is 47.6 Å². The van der Waals surface area contributed by atoms with E-state index in [0.717, 1.165) is 7.11 Å². The fourth-order valence-corrected chi connectivity index (χ4v) is 1.37. The third-order valence-electron chi connectivity index (χ3n) is 2.22. The zero-order valence-corrected chi connectivity index (χ0v) is 10.8. The molecule has 4 nitrogen and oxygen atoms in total. The predicted molar refractivity (Wildman–Crippen MR) is 55.9 cm³/mol. The average molecular weight is 311 g/mol. The number of hydrogen-bond donors (Lipinski definition) is 1. The van der Waals surface area contributed by atoms with Crippen molar-refractivity contribution < 1.29 is 40.6 Å². The molecule has 0 fully saturated rings. The van der Waals surface area contributed by atoms with Crippen LogP contribution in [0.1, 0.15) is 13.3 Å². The number of carbonyl (C=O) groups excluding carboxylic acids is 1. The van der Waals surface area contributed by atoms with E-state index in [1.165, 1.54) is 0 Å². The largest absolute Gasteiger partial charge is 0.468 e. The van der Waals surface area contributed by atoms with E-state index in [9.17, 15) is 31.1 Å². The van der Waals surface area contributed by atoms with E-state index in [4.69, 9.17) is 0 Å². The van der Waals surface area contributed by atoms with Crippen LogP contribution in [0.15, 0.2) is 0 Å². The van der Waals surface area contributed by atoms with Crippen molar-refractivity contribution in [3.05, 3.63) is 0 Å². The molecule has 0 rings (SSSR count). The van der Waals surface area contributed by atoms with Crippen LogP contribution in [-0.2, 0) is 14.3 Å². The monoisotopic (exact) mass is 311 g/mol. The van der Waals surface area contributed by atoms with Gasteiger partial charge in [0, 0.05) is 6.61 Å². The van der Waals surface area contributed by atoms with E-state index in [0.29, 0.717) is 6.54 Å². The summed E-state index contributed by atoms with van der Waals surface area (Å²) >= 11 is 0. The molecule has 0 aromatic rings. The molecule has 0 aromatic heterocycles. The minimum atomic E-state index is -5.56. The maximum atomic E-state index is 12.2. The van der Waals surface area contributed by atoms with Crippen LogP contribution >= 0.6 is 0 Å². The highest BCUT2D eigenvalue weighted by atomic mass is 19.4. The number of halogens is 6. The molecule has 0 amide bonds. The first kappa shape index (κ1) is 19.0. The van der Waals surface area contributed by atoms with Gasteiger partial charge in [-0.2, -0.15) is 26.3 Å². The van der Waals surface area contributed by atoms with E-state index in [1.807, 2.05) is 0 Å². The Hall–Kier alpha value is -1.03. The molecule has 1 N–H and O–H groups in total. The smallest absolute Gasteiger partial charge is 0.423 e. The Balaban J connectivity index is 4.53. The van der Waals surface area contributed by atoms with Crippen molar-refractivity contribution in [2.24, 2.45) is 0 Å². The van der Waals surface area contributed by atoms with Crippen LogP contribution in [-0.4, -0.2) is 50.7 Å². The van der Waals surface area contributed by atoms with Gasteiger partial charge in [0.1, 0.15) is 6.04 Å². The Morgan fingerprint density at radius 1 is 1.15 bits per heavy atom. The quantitative estimate of drug-likeness (QED) is 0.577. The van der Waals surface area contributed by atoms with Crippen molar-refractivity contribution in [1.82, 2.24) is 5.32 Å². The molecule has 20 heavy (non-hydrogen) atoms. The molecule has 0 bridgehead atoms. The molecule has 0 saturated heterocycles. The first-order valence-corrected chi connectivity index (χ1v) is 5.60. The van der Waals surface area contributed by atoms with E-state index in [2.05, 4.69) is 14.8 Å². The summed E-state index contributed by atoms with van der Waals surface area (Å²) in [6.07, 6.45) is -15.4. The van der Waals surface area contributed by atoms with Gasteiger partial charge in [-0.3, -0.25) is 4.79 Å². The lowest BCUT2D eigenvalue weighted by Gasteiger charge is -2.24. The van der Waals surface area contributed by atoms with E-state index >= 15 is 0 Å². The highest BCUT2D eigenvalue weighted by molar-refractivity contribution is 5.75. The zero-order chi connectivity index (χ0) is 16.0. The van der Waals surface area contributed by atoms with Crippen molar-refractivity contribution in [2.75, 3.05) is 20.3 Å². The van der Waals surface area contributed by atoms with Gasteiger partial charge in [0.2, 0.25) is 6.10 Å². The number of methoxy groups -OCH3 is 1. The second kappa shape index (κ2) is 7.67. The van der Waals surface area contributed by atoms with Crippen LogP contribution in [0, 0.1) is 0 Å². The summed E-state index contributed by atoms with van der Waals surface area (Å²) in [6, 6.07) is -1.02. The van der Waals surface area contributed by atoms with Gasteiger partial charge in [-0.15, -0.1) is 0 Å². The summed E-state index contributed by atoms with van der Waals surface area (Å²) in [5.41, 5.74) is 0. The third kappa shape index (κ3) is 6.42. The zero-order valence-electron chi connectivity index (χ0n) is 10.8. The molecule has 0 aliphatic carbocycles. The van der Waals surface area contributed by atoms with Gasteiger partial charge >= 0.3 is 18.3 Å². The summed E-state index contributed by atoms with van der Waals surface area (Å²) in [7, 11) is 1.06. The number of hydrogen-bond acceptors (Lipinski definition) is 4. The van der Waals surface area contributed by atoms with Crippen LogP contribution in [0.25, 0.3) is 0 Å². The Kier molecular flexibility index (Phi) is 7.28. The first-order chi connectivity index (χ1) is 9.04. The summed E-state index contributed by atoms with van der Waals surface area (Å²) < 4.78 is 81.2. The Morgan fingerprint density at radius 3 is 2.00 bits per heavy atom. The first-order valence-electron chi connectivity index (χ1n) is 5.60. The summed E-state index contributed by atoms with van der Waals surface area (Å²) in [6.45, 7) is 1.02. The highest BCUT2D eigenvalue weighted by Crippen LogP contribution is 2.35. The standard InChI is InChI=1S/C10H15F6NO3/c1-3-17-6(7(18)19-2)4-5-20-8(9(11,12)13)10(14,15)16/h6,8,17H,3-5H2,1-2H3. The molecular weight excluding hydrogens is 296 g/mol. The Labute approximate surface area is 111 Å². The van der Waals surface area contributed by atoms with Crippen LogP contribution in [0.2, 0.25) is 0 Å². The van der Waals surface area contributed by atoms with Gasteiger partial charge in [0.25, 0.3) is 0 Å². The Morgan fingerprint density at radius 2 is 1.65 bits per heavy atom.